The lowest BCUT2D eigenvalue weighted by Gasteiger charge is -2.07. The number of rotatable bonds is 5. The molecule has 2 aromatic carbocycles. The van der Waals surface area contributed by atoms with Crippen molar-refractivity contribution in [1.82, 2.24) is 5.32 Å². The van der Waals surface area contributed by atoms with E-state index in [4.69, 9.17) is 5.26 Å². The molecule has 0 aliphatic rings. The van der Waals surface area contributed by atoms with E-state index in [1.807, 2.05) is 25.1 Å². The van der Waals surface area contributed by atoms with Crippen molar-refractivity contribution in [3.63, 3.8) is 0 Å². The zero-order valence-electron chi connectivity index (χ0n) is 12.8. The highest BCUT2D eigenvalue weighted by Crippen LogP contribution is 2.08. The Morgan fingerprint density at radius 3 is 2.30 bits per heavy atom. The Bertz CT molecular complexity index is 728. The molecule has 5 heteroatoms. The number of nitriles is 1. The molecule has 0 fully saturated rings. The number of amides is 2. The van der Waals surface area contributed by atoms with Crippen molar-refractivity contribution in [2.75, 3.05) is 11.9 Å². The molecule has 0 saturated heterocycles. The number of hydrogen-bond donors (Lipinski definition) is 2. The number of anilines is 1. The fraction of sp³-hybridized carbons (Fsp3) is 0.167. The van der Waals surface area contributed by atoms with Gasteiger partial charge in [0.15, 0.2) is 5.78 Å². The van der Waals surface area contributed by atoms with Crippen LogP contribution in [0.2, 0.25) is 0 Å². The monoisotopic (exact) mass is 307 g/mol. The molecule has 0 saturated carbocycles. The van der Waals surface area contributed by atoms with Crippen molar-refractivity contribution >= 4 is 17.5 Å². The fourth-order valence-electron chi connectivity index (χ4n) is 1.98. The normalized spacial score (nSPS) is 9.74. The molecule has 5 nitrogen and oxygen atoms in total. The molecule has 0 aliphatic carbocycles. The van der Waals surface area contributed by atoms with Crippen LogP contribution in [-0.4, -0.2) is 18.4 Å². The quantitative estimate of drug-likeness (QED) is 0.832. The van der Waals surface area contributed by atoms with Crippen LogP contribution in [0, 0.1) is 18.3 Å². The van der Waals surface area contributed by atoms with Crippen LogP contribution in [0.25, 0.3) is 0 Å². The van der Waals surface area contributed by atoms with Crippen LogP contribution >= 0.6 is 0 Å². The minimum Gasteiger partial charge on any atom is -0.337 e. The molecule has 23 heavy (non-hydrogen) atoms. The number of hydrogen-bond acceptors (Lipinski definition) is 3. The summed E-state index contributed by atoms with van der Waals surface area (Å²) in [6.07, 6.45) is 0.240. The largest absolute Gasteiger partial charge is 0.337 e. The number of nitrogens with zero attached hydrogens (tertiary/aromatic N) is 1. The van der Waals surface area contributed by atoms with E-state index < -0.39 is 0 Å². The van der Waals surface area contributed by atoms with E-state index in [0.717, 1.165) is 5.56 Å². The number of carbonyl (C=O) groups is 2. The Morgan fingerprint density at radius 2 is 1.70 bits per heavy atom. The second kappa shape index (κ2) is 7.76. The average Bonchev–Trinajstić information content (AvgIpc) is 2.56. The Kier molecular flexibility index (Phi) is 5.48. The van der Waals surface area contributed by atoms with E-state index >= 15 is 0 Å². The maximum atomic E-state index is 12.0. The number of urea groups is 1. The van der Waals surface area contributed by atoms with Crippen LogP contribution in [0.5, 0.6) is 0 Å². The highest BCUT2D eigenvalue weighted by molar-refractivity contribution is 5.96. The maximum Gasteiger partial charge on any atom is 0.319 e. The van der Waals surface area contributed by atoms with Gasteiger partial charge in [0.05, 0.1) is 11.6 Å². The lowest BCUT2D eigenvalue weighted by Crippen LogP contribution is -2.30. The van der Waals surface area contributed by atoms with Crippen molar-refractivity contribution in [3.8, 4) is 6.07 Å². The Morgan fingerprint density at radius 1 is 1.04 bits per heavy atom. The van der Waals surface area contributed by atoms with Gasteiger partial charge in [0.2, 0.25) is 0 Å². The van der Waals surface area contributed by atoms with E-state index in [2.05, 4.69) is 10.6 Å². The van der Waals surface area contributed by atoms with Crippen LogP contribution in [-0.2, 0) is 0 Å². The van der Waals surface area contributed by atoms with Gasteiger partial charge in [-0.15, -0.1) is 0 Å². The van der Waals surface area contributed by atoms with Crippen LogP contribution in [0.15, 0.2) is 48.5 Å². The zero-order valence-corrected chi connectivity index (χ0v) is 12.8. The van der Waals surface area contributed by atoms with Gasteiger partial charge < -0.3 is 10.6 Å². The fourth-order valence-corrected chi connectivity index (χ4v) is 1.98. The van der Waals surface area contributed by atoms with Crippen LogP contribution in [0.3, 0.4) is 0 Å². The molecule has 0 heterocycles. The van der Waals surface area contributed by atoms with Gasteiger partial charge in [-0.05, 0) is 31.2 Å². The maximum absolute atomic E-state index is 12.0. The van der Waals surface area contributed by atoms with Crippen LogP contribution < -0.4 is 10.6 Å². The number of carbonyl (C=O) groups excluding carboxylic acids is 2. The molecule has 2 aromatic rings. The van der Waals surface area contributed by atoms with Crippen molar-refractivity contribution in [1.29, 1.82) is 5.26 Å². The molecule has 0 radical (unpaired) electrons. The van der Waals surface area contributed by atoms with Crippen LogP contribution in [0.1, 0.15) is 27.9 Å². The van der Waals surface area contributed by atoms with E-state index in [1.165, 1.54) is 0 Å². The SMILES string of the molecule is Cc1ccc(C(=O)CCNC(=O)Nc2ccc(C#N)cc2)cc1. The van der Waals surface area contributed by atoms with Gasteiger partial charge >= 0.3 is 6.03 Å². The van der Waals surface area contributed by atoms with Gasteiger partial charge in [-0.1, -0.05) is 29.8 Å². The molecular formula is C18H17N3O2. The van der Waals surface area contributed by atoms with E-state index in [9.17, 15) is 9.59 Å². The zero-order chi connectivity index (χ0) is 16.7. The Labute approximate surface area is 134 Å². The van der Waals surface area contributed by atoms with Crippen molar-refractivity contribution in [2.24, 2.45) is 0 Å². The molecular weight excluding hydrogens is 290 g/mol. The first-order valence-electron chi connectivity index (χ1n) is 7.23. The van der Waals surface area contributed by atoms with Gasteiger partial charge in [0, 0.05) is 24.2 Å². The number of nitrogens with one attached hydrogen (secondary N) is 2. The molecule has 0 unspecified atom stereocenters. The molecule has 2 amide bonds. The predicted molar refractivity (Wildman–Crippen MR) is 88.3 cm³/mol. The predicted octanol–water partition coefficient (Wildman–Crippen LogP) is 3.26. The number of ketones is 1. The first-order valence-corrected chi connectivity index (χ1v) is 7.23. The minimum absolute atomic E-state index is 0.0105. The number of benzene rings is 2. The molecule has 0 atom stereocenters. The molecule has 0 aliphatic heterocycles. The van der Waals surface area contributed by atoms with Gasteiger partial charge in [-0.2, -0.15) is 5.26 Å². The summed E-state index contributed by atoms with van der Waals surface area (Å²) >= 11 is 0. The molecule has 116 valence electrons. The second-order valence-electron chi connectivity index (χ2n) is 5.11. The first-order chi connectivity index (χ1) is 11.1. The Hall–Kier alpha value is -3.13. The third-order valence-electron chi connectivity index (χ3n) is 3.28. The lowest BCUT2D eigenvalue weighted by atomic mass is 10.1. The Balaban J connectivity index is 1.77. The summed E-state index contributed by atoms with van der Waals surface area (Å²) < 4.78 is 0. The highest BCUT2D eigenvalue weighted by Gasteiger charge is 2.07. The third kappa shape index (κ3) is 4.97. The summed E-state index contributed by atoms with van der Waals surface area (Å²) in [7, 11) is 0. The van der Waals surface area contributed by atoms with Gasteiger partial charge in [-0.3, -0.25) is 4.79 Å². The summed E-state index contributed by atoms with van der Waals surface area (Å²) in [5.74, 6) is -0.0105. The summed E-state index contributed by atoms with van der Waals surface area (Å²) in [6, 6.07) is 15.5. The van der Waals surface area contributed by atoms with E-state index in [0.29, 0.717) is 16.8 Å². The third-order valence-corrected chi connectivity index (χ3v) is 3.28. The molecule has 0 spiro atoms. The second-order valence-corrected chi connectivity index (χ2v) is 5.11. The highest BCUT2D eigenvalue weighted by atomic mass is 16.2. The molecule has 0 bridgehead atoms. The standard InChI is InChI=1S/C18H17N3O2/c1-13-2-6-15(7-3-13)17(22)10-11-20-18(23)21-16-8-4-14(12-19)5-9-16/h2-9H,10-11H2,1H3,(H2,20,21,23). The molecule has 0 aromatic heterocycles. The van der Waals surface area contributed by atoms with Crippen molar-refractivity contribution < 1.29 is 9.59 Å². The summed E-state index contributed by atoms with van der Waals surface area (Å²) in [4.78, 5) is 23.7. The van der Waals surface area contributed by atoms with Gasteiger partial charge in [0.1, 0.15) is 0 Å². The molecule has 2 rings (SSSR count). The van der Waals surface area contributed by atoms with Crippen molar-refractivity contribution in [2.45, 2.75) is 13.3 Å². The summed E-state index contributed by atoms with van der Waals surface area (Å²) in [5.41, 5.74) is 2.86. The smallest absolute Gasteiger partial charge is 0.319 e. The van der Waals surface area contributed by atoms with Gasteiger partial charge in [0.25, 0.3) is 0 Å². The lowest BCUT2D eigenvalue weighted by molar-refractivity contribution is 0.0984. The minimum atomic E-state index is -0.383. The topological polar surface area (TPSA) is 82.0 Å². The number of aryl methyl sites for hydroxylation is 1. The van der Waals surface area contributed by atoms with E-state index in [1.54, 1.807) is 36.4 Å². The number of Topliss-reactive ketones (excluding diaryl/α,β-unsaturated/α-hetero) is 1. The van der Waals surface area contributed by atoms with Crippen LogP contribution in [0.4, 0.5) is 10.5 Å². The average molecular weight is 307 g/mol. The summed E-state index contributed by atoms with van der Waals surface area (Å²) in [5, 5.41) is 14.0. The van der Waals surface area contributed by atoms with Gasteiger partial charge in [-0.25, -0.2) is 4.79 Å². The van der Waals surface area contributed by atoms with E-state index in [-0.39, 0.29) is 24.8 Å². The van der Waals surface area contributed by atoms with Crippen molar-refractivity contribution in [3.05, 3.63) is 65.2 Å². The molecule has 2 N–H and O–H groups in total. The first kappa shape index (κ1) is 16.2. The summed E-state index contributed by atoms with van der Waals surface area (Å²) in [6.45, 7) is 2.22.